The Balaban J connectivity index is 1.33. The molecule has 0 aliphatic carbocycles. The van der Waals surface area contributed by atoms with Crippen molar-refractivity contribution in [3.63, 3.8) is 0 Å². The van der Waals surface area contributed by atoms with Gasteiger partial charge in [-0.2, -0.15) is 0 Å². The number of nitrogens with zero attached hydrogens (tertiary/aromatic N) is 3. The molecule has 2 unspecified atom stereocenters. The summed E-state index contributed by atoms with van der Waals surface area (Å²) in [4.78, 5) is 9.50. The highest BCUT2D eigenvalue weighted by Crippen LogP contribution is 2.25. The van der Waals surface area contributed by atoms with Gasteiger partial charge in [0.2, 0.25) is 0 Å². The van der Waals surface area contributed by atoms with Crippen molar-refractivity contribution in [1.82, 2.24) is 14.8 Å². The van der Waals surface area contributed by atoms with Crippen LogP contribution in [0.1, 0.15) is 32.3 Å². The number of hydrogen-bond donors (Lipinski definition) is 0. The summed E-state index contributed by atoms with van der Waals surface area (Å²) < 4.78 is 19.9. The molecule has 2 aromatic rings. The Hall–Kier alpha value is -1.56. The second-order valence-electron chi connectivity index (χ2n) is 8.30. The van der Waals surface area contributed by atoms with Crippen molar-refractivity contribution in [2.45, 2.75) is 45.4 Å². The van der Waals surface area contributed by atoms with Crippen LogP contribution in [0.2, 0.25) is 0 Å². The highest BCUT2D eigenvalue weighted by molar-refractivity contribution is 5.82. The molecule has 4 rings (SSSR count). The topological polar surface area (TPSA) is 28.6 Å². The first-order valence-electron chi connectivity index (χ1n) is 10.2. The normalized spacial score (nSPS) is 25.9. The highest BCUT2D eigenvalue weighted by atomic mass is 19.1. The first-order chi connectivity index (χ1) is 13.1. The number of pyridine rings is 1. The molecule has 2 saturated heterocycles. The Morgan fingerprint density at radius 2 is 1.81 bits per heavy atom. The fourth-order valence-corrected chi connectivity index (χ4v) is 4.69. The number of aromatic nitrogens is 1. The van der Waals surface area contributed by atoms with Gasteiger partial charge in [0.1, 0.15) is 5.82 Å². The molecule has 2 fully saturated rings. The lowest BCUT2D eigenvalue weighted by Crippen LogP contribution is -2.48. The van der Waals surface area contributed by atoms with Gasteiger partial charge in [0.05, 0.1) is 17.7 Å². The first kappa shape index (κ1) is 18.8. The summed E-state index contributed by atoms with van der Waals surface area (Å²) in [5.41, 5.74) is 1.93. The van der Waals surface area contributed by atoms with Crippen molar-refractivity contribution in [3.05, 3.63) is 41.8 Å². The molecule has 0 bridgehead atoms. The van der Waals surface area contributed by atoms with Crippen molar-refractivity contribution in [2.24, 2.45) is 5.92 Å². The van der Waals surface area contributed by atoms with Crippen molar-refractivity contribution in [3.8, 4) is 0 Å². The summed E-state index contributed by atoms with van der Waals surface area (Å²) in [6.45, 7) is 10.7. The molecule has 2 aliphatic heterocycles. The van der Waals surface area contributed by atoms with Gasteiger partial charge in [-0.1, -0.05) is 6.07 Å². The number of rotatable bonds is 4. The van der Waals surface area contributed by atoms with E-state index in [-0.39, 0.29) is 5.82 Å². The van der Waals surface area contributed by atoms with E-state index in [1.165, 1.54) is 19.4 Å². The van der Waals surface area contributed by atoms with Crippen molar-refractivity contribution in [2.75, 3.05) is 32.7 Å². The third kappa shape index (κ3) is 4.48. The van der Waals surface area contributed by atoms with Crippen molar-refractivity contribution >= 4 is 10.9 Å². The molecular formula is C22H30FN3O. The van der Waals surface area contributed by atoms with Crippen LogP contribution < -0.4 is 0 Å². The fourth-order valence-electron chi connectivity index (χ4n) is 4.69. The third-order valence-electron chi connectivity index (χ3n) is 5.91. The van der Waals surface area contributed by atoms with E-state index < -0.39 is 0 Å². The van der Waals surface area contributed by atoms with E-state index in [1.807, 2.05) is 12.1 Å². The number of hydrogen-bond acceptors (Lipinski definition) is 4. The van der Waals surface area contributed by atoms with Gasteiger partial charge in [-0.15, -0.1) is 0 Å². The molecule has 0 N–H and O–H groups in total. The molecule has 1 aromatic heterocycles. The number of morpholine rings is 1. The standard InChI is InChI=1S/C22H30FN3O/c1-16-12-26(13-17(2)27-16)14-18-7-10-25(11-8-18)15-19-5-6-21(23)20-4-3-9-24-22(19)20/h3-6,9,16-18H,7-8,10-15H2,1-2H3. The molecule has 3 heterocycles. The van der Waals surface area contributed by atoms with Crippen LogP contribution in [0.5, 0.6) is 0 Å². The van der Waals surface area contributed by atoms with Crippen LogP contribution in [0, 0.1) is 11.7 Å². The molecule has 2 atom stereocenters. The summed E-state index contributed by atoms with van der Waals surface area (Å²) in [5.74, 6) is 0.580. The van der Waals surface area contributed by atoms with E-state index in [4.69, 9.17) is 4.74 Å². The van der Waals surface area contributed by atoms with Crippen LogP contribution >= 0.6 is 0 Å². The van der Waals surface area contributed by atoms with Gasteiger partial charge in [-0.05, 0) is 69.5 Å². The summed E-state index contributed by atoms with van der Waals surface area (Å²) in [5, 5.41) is 0.625. The molecule has 4 nitrogen and oxygen atoms in total. The Morgan fingerprint density at radius 3 is 2.56 bits per heavy atom. The minimum Gasteiger partial charge on any atom is -0.373 e. The highest BCUT2D eigenvalue weighted by Gasteiger charge is 2.26. The number of benzene rings is 1. The quantitative estimate of drug-likeness (QED) is 0.819. The second-order valence-corrected chi connectivity index (χ2v) is 8.30. The van der Waals surface area contributed by atoms with Gasteiger partial charge >= 0.3 is 0 Å². The molecule has 0 spiro atoms. The number of halogens is 1. The lowest BCUT2D eigenvalue weighted by Gasteiger charge is -2.39. The van der Waals surface area contributed by atoms with E-state index in [0.29, 0.717) is 17.6 Å². The van der Waals surface area contributed by atoms with Gasteiger partial charge in [-0.25, -0.2) is 4.39 Å². The second kappa shape index (κ2) is 8.21. The van der Waals surface area contributed by atoms with E-state index in [9.17, 15) is 4.39 Å². The number of ether oxygens (including phenoxy) is 1. The van der Waals surface area contributed by atoms with Crippen LogP contribution in [-0.2, 0) is 11.3 Å². The summed E-state index contributed by atoms with van der Waals surface area (Å²) in [7, 11) is 0. The molecule has 27 heavy (non-hydrogen) atoms. The maximum atomic E-state index is 14.0. The molecule has 0 amide bonds. The molecule has 146 valence electrons. The van der Waals surface area contributed by atoms with Gasteiger partial charge < -0.3 is 4.74 Å². The minimum absolute atomic E-state index is 0.186. The summed E-state index contributed by atoms with van der Waals surface area (Å²) in [6.07, 6.45) is 4.89. The Morgan fingerprint density at radius 1 is 1.07 bits per heavy atom. The Labute approximate surface area is 161 Å². The van der Waals surface area contributed by atoms with Crippen LogP contribution in [-0.4, -0.2) is 59.7 Å². The SMILES string of the molecule is CC1CN(CC2CCN(Cc3ccc(F)c4cccnc34)CC2)CC(C)O1. The predicted octanol–water partition coefficient (Wildman–Crippen LogP) is 3.70. The zero-order valence-electron chi connectivity index (χ0n) is 16.4. The summed E-state index contributed by atoms with van der Waals surface area (Å²) in [6, 6.07) is 7.09. The first-order valence-corrected chi connectivity index (χ1v) is 10.2. The zero-order valence-corrected chi connectivity index (χ0v) is 16.4. The average Bonchev–Trinajstić information content (AvgIpc) is 2.65. The number of piperidine rings is 1. The molecule has 0 radical (unpaired) electrons. The monoisotopic (exact) mass is 371 g/mol. The maximum absolute atomic E-state index is 14.0. The van der Waals surface area contributed by atoms with E-state index >= 15 is 0 Å². The summed E-state index contributed by atoms with van der Waals surface area (Å²) >= 11 is 0. The number of likely N-dealkylation sites (tertiary alicyclic amines) is 1. The molecule has 5 heteroatoms. The van der Waals surface area contributed by atoms with Crippen LogP contribution in [0.15, 0.2) is 30.5 Å². The average molecular weight is 372 g/mol. The van der Waals surface area contributed by atoms with Crippen molar-refractivity contribution in [1.29, 1.82) is 0 Å². The molecule has 0 saturated carbocycles. The van der Waals surface area contributed by atoms with Gasteiger partial charge in [0.15, 0.2) is 0 Å². The zero-order chi connectivity index (χ0) is 18.8. The Bertz CT molecular complexity index is 765. The van der Waals surface area contributed by atoms with Gasteiger partial charge in [-0.3, -0.25) is 14.8 Å². The maximum Gasteiger partial charge on any atom is 0.132 e. The lowest BCUT2D eigenvalue weighted by atomic mass is 9.95. The largest absolute Gasteiger partial charge is 0.373 e. The smallest absolute Gasteiger partial charge is 0.132 e. The van der Waals surface area contributed by atoms with Crippen LogP contribution in [0.4, 0.5) is 4.39 Å². The van der Waals surface area contributed by atoms with Crippen molar-refractivity contribution < 1.29 is 9.13 Å². The number of fused-ring (bicyclic) bond motifs is 1. The van der Waals surface area contributed by atoms with Crippen LogP contribution in [0.25, 0.3) is 10.9 Å². The van der Waals surface area contributed by atoms with Gasteiger partial charge in [0, 0.05) is 37.8 Å². The third-order valence-corrected chi connectivity index (χ3v) is 5.91. The van der Waals surface area contributed by atoms with E-state index in [1.54, 1.807) is 18.3 Å². The molecule has 2 aliphatic rings. The van der Waals surface area contributed by atoms with Crippen LogP contribution in [0.3, 0.4) is 0 Å². The molecular weight excluding hydrogens is 341 g/mol. The Kier molecular flexibility index (Phi) is 5.71. The molecule has 1 aromatic carbocycles. The lowest BCUT2D eigenvalue weighted by molar-refractivity contribution is -0.0732. The van der Waals surface area contributed by atoms with E-state index in [0.717, 1.165) is 49.7 Å². The van der Waals surface area contributed by atoms with Gasteiger partial charge in [0.25, 0.3) is 0 Å². The minimum atomic E-state index is -0.186. The fraction of sp³-hybridized carbons (Fsp3) is 0.591. The predicted molar refractivity (Wildman–Crippen MR) is 106 cm³/mol. The van der Waals surface area contributed by atoms with E-state index in [2.05, 4.69) is 28.6 Å².